The van der Waals surface area contributed by atoms with Gasteiger partial charge in [0.25, 0.3) is 0 Å². The van der Waals surface area contributed by atoms with E-state index in [1.54, 1.807) is 14.0 Å². The van der Waals surface area contributed by atoms with E-state index >= 15 is 0 Å². The van der Waals surface area contributed by atoms with E-state index in [2.05, 4.69) is 20.8 Å². The number of carbonyl (C=O) groups is 1. The molecule has 15 heavy (non-hydrogen) atoms. The second-order valence-corrected chi connectivity index (χ2v) is 3.57. The van der Waals surface area contributed by atoms with Crippen LogP contribution in [0.5, 0.6) is 0 Å². The highest BCUT2D eigenvalue weighted by Crippen LogP contribution is 2.18. The Morgan fingerprint density at radius 3 is 2.87 bits per heavy atom. The molecule has 0 saturated heterocycles. The third-order valence-electron chi connectivity index (χ3n) is 1.69. The van der Waals surface area contributed by atoms with Gasteiger partial charge in [0.05, 0.1) is 0 Å². The number of nitrogens with one attached hydrogen (secondary N) is 2. The summed E-state index contributed by atoms with van der Waals surface area (Å²) in [4.78, 5) is 10.9. The minimum atomic E-state index is -0.313. The summed E-state index contributed by atoms with van der Waals surface area (Å²) in [6.45, 7) is 2.18. The standard InChI is InChI=1S/C8H13ClN4O2/c1-5(9)7-12-13-8(15-7)11-4-3-6(14)10-2/h5H,3-4H2,1-2H3,(H,10,14)(H,11,13). The van der Waals surface area contributed by atoms with Gasteiger partial charge in [-0.3, -0.25) is 4.79 Å². The van der Waals surface area contributed by atoms with E-state index < -0.39 is 0 Å². The van der Waals surface area contributed by atoms with Gasteiger partial charge in [0, 0.05) is 20.0 Å². The van der Waals surface area contributed by atoms with Crippen molar-refractivity contribution < 1.29 is 9.21 Å². The van der Waals surface area contributed by atoms with Crippen molar-refractivity contribution in [1.82, 2.24) is 15.5 Å². The molecule has 2 N–H and O–H groups in total. The second kappa shape index (κ2) is 5.55. The van der Waals surface area contributed by atoms with Gasteiger partial charge < -0.3 is 15.1 Å². The summed E-state index contributed by atoms with van der Waals surface area (Å²) in [6.07, 6.45) is 0.352. The van der Waals surface area contributed by atoms with Crippen molar-refractivity contribution in [2.24, 2.45) is 0 Å². The quantitative estimate of drug-likeness (QED) is 0.738. The molecule has 0 spiro atoms. The van der Waals surface area contributed by atoms with Crippen LogP contribution in [-0.2, 0) is 4.79 Å². The molecule has 84 valence electrons. The van der Waals surface area contributed by atoms with Crippen molar-refractivity contribution in [1.29, 1.82) is 0 Å². The lowest BCUT2D eigenvalue weighted by Crippen LogP contribution is -2.20. The van der Waals surface area contributed by atoms with Gasteiger partial charge in [-0.05, 0) is 6.92 Å². The van der Waals surface area contributed by atoms with Gasteiger partial charge in [0.2, 0.25) is 11.8 Å². The maximum Gasteiger partial charge on any atom is 0.315 e. The molecule has 0 radical (unpaired) electrons. The minimum Gasteiger partial charge on any atom is -0.407 e. The monoisotopic (exact) mass is 232 g/mol. The number of carbonyl (C=O) groups excluding carboxylic acids is 1. The first-order valence-electron chi connectivity index (χ1n) is 4.55. The summed E-state index contributed by atoms with van der Waals surface area (Å²) in [5.74, 6) is 0.312. The van der Waals surface area contributed by atoms with Crippen LogP contribution in [0.15, 0.2) is 4.42 Å². The third-order valence-corrected chi connectivity index (χ3v) is 1.87. The number of nitrogens with zero attached hydrogens (tertiary/aromatic N) is 2. The highest BCUT2D eigenvalue weighted by atomic mass is 35.5. The zero-order valence-corrected chi connectivity index (χ0v) is 9.34. The maximum atomic E-state index is 10.9. The molecular formula is C8H13ClN4O2. The lowest BCUT2D eigenvalue weighted by atomic mass is 10.4. The van der Waals surface area contributed by atoms with E-state index in [0.717, 1.165) is 0 Å². The van der Waals surface area contributed by atoms with E-state index in [4.69, 9.17) is 16.0 Å². The second-order valence-electron chi connectivity index (χ2n) is 2.91. The van der Waals surface area contributed by atoms with Crippen molar-refractivity contribution in [2.75, 3.05) is 18.9 Å². The maximum absolute atomic E-state index is 10.9. The fourth-order valence-electron chi connectivity index (χ4n) is 0.875. The van der Waals surface area contributed by atoms with Crippen LogP contribution in [0.1, 0.15) is 24.6 Å². The topological polar surface area (TPSA) is 80.0 Å². The molecule has 0 saturated carbocycles. The minimum absolute atomic E-state index is 0.0482. The first-order chi connectivity index (χ1) is 7.13. The van der Waals surface area contributed by atoms with Crippen molar-refractivity contribution in [2.45, 2.75) is 18.7 Å². The van der Waals surface area contributed by atoms with Crippen molar-refractivity contribution in [3.63, 3.8) is 0 Å². The lowest BCUT2D eigenvalue weighted by Gasteiger charge is -1.99. The average molecular weight is 233 g/mol. The third kappa shape index (κ3) is 3.75. The highest BCUT2D eigenvalue weighted by Gasteiger charge is 2.10. The normalized spacial score (nSPS) is 12.2. The molecule has 1 aromatic heterocycles. The van der Waals surface area contributed by atoms with Crippen LogP contribution in [0.25, 0.3) is 0 Å². The summed E-state index contributed by atoms with van der Waals surface area (Å²) >= 11 is 5.74. The molecule has 1 aromatic rings. The Bertz CT molecular complexity index is 326. The van der Waals surface area contributed by atoms with Crippen LogP contribution in [0.2, 0.25) is 0 Å². The smallest absolute Gasteiger partial charge is 0.315 e. The SMILES string of the molecule is CNC(=O)CCNc1nnc(C(C)Cl)o1. The lowest BCUT2D eigenvalue weighted by molar-refractivity contribution is -0.120. The Balaban J connectivity index is 2.34. The van der Waals surface area contributed by atoms with Gasteiger partial charge >= 0.3 is 6.01 Å². The molecule has 1 rings (SSSR count). The molecule has 0 fully saturated rings. The van der Waals surface area contributed by atoms with Gasteiger partial charge in [-0.1, -0.05) is 5.10 Å². The largest absolute Gasteiger partial charge is 0.407 e. The summed E-state index contributed by atoms with van der Waals surface area (Å²) in [7, 11) is 1.59. The molecular weight excluding hydrogens is 220 g/mol. The molecule has 1 atom stereocenters. The fraction of sp³-hybridized carbons (Fsp3) is 0.625. The van der Waals surface area contributed by atoms with E-state index in [9.17, 15) is 4.79 Å². The van der Waals surface area contributed by atoms with E-state index in [1.807, 2.05) is 0 Å². The molecule has 0 aliphatic carbocycles. The predicted octanol–water partition coefficient (Wildman–Crippen LogP) is 0.917. The molecule has 0 bridgehead atoms. The summed E-state index contributed by atoms with van der Waals surface area (Å²) in [6, 6.07) is 0.279. The number of hydrogen-bond acceptors (Lipinski definition) is 5. The van der Waals surface area contributed by atoms with Crippen molar-refractivity contribution in [3.8, 4) is 0 Å². The van der Waals surface area contributed by atoms with Crippen LogP contribution in [0.3, 0.4) is 0 Å². The zero-order chi connectivity index (χ0) is 11.3. The molecule has 0 aromatic carbocycles. The fourth-order valence-corrected chi connectivity index (χ4v) is 0.963. The molecule has 1 unspecified atom stereocenters. The van der Waals surface area contributed by atoms with E-state index in [1.165, 1.54) is 0 Å². The van der Waals surface area contributed by atoms with Crippen molar-refractivity contribution in [3.05, 3.63) is 5.89 Å². The van der Waals surface area contributed by atoms with Gasteiger partial charge in [-0.25, -0.2) is 0 Å². The first-order valence-corrected chi connectivity index (χ1v) is 4.99. The van der Waals surface area contributed by atoms with Crippen LogP contribution < -0.4 is 10.6 Å². The molecule has 1 heterocycles. The number of hydrogen-bond donors (Lipinski definition) is 2. The number of anilines is 1. The summed E-state index contributed by atoms with van der Waals surface area (Å²) < 4.78 is 5.16. The summed E-state index contributed by atoms with van der Waals surface area (Å²) in [5.41, 5.74) is 0. The number of halogens is 1. The van der Waals surface area contributed by atoms with Crippen LogP contribution in [0, 0.1) is 0 Å². The predicted molar refractivity (Wildman–Crippen MR) is 55.7 cm³/mol. The molecule has 7 heteroatoms. The van der Waals surface area contributed by atoms with Crippen molar-refractivity contribution >= 4 is 23.5 Å². The number of amides is 1. The molecule has 0 aliphatic rings. The average Bonchev–Trinajstić information content (AvgIpc) is 2.66. The Morgan fingerprint density at radius 2 is 2.33 bits per heavy atom. The Kier molecular flexibility index (Phi) is 4.36. The molecule has 1 amide bonds. The van der Waals surface area contributed by atoms with Crippen LogP contribution in [-0.4, -0.2) is 29.7 Å². The Labute approximate surface area is 92.4 Å². The first kappa shape index (κ1) is 11.8. The highest BCUT2D eigenvalue weighted by molar-refractivity contribution is 6.20. The van der Waals surface area contributed by atoms with Crippen LogP contribution in [0.4, 0.5) is 6.01 Å². The van der Waals surface area contributed by atoms with E-state index in [0.29, 0.717) is 18.9 Å². The number of alkyl halides is 1. The Morgan fingerprint density at radius 1 is 1.60 bits per heavy atom. The molecule has 0 aliphatic heterocycles. The zero-order valence-electron chi connectivity index (χ0n) is 8.58. The van der Waals surface area contributed by atoms with Gasteiger partial charge in [0.15, 0.2) is 0 Å². The van der Waals surface area contributed by atoms with Crippen LogP contribution >= 0.6 is 11.6 Å². The number of aromatic nitrogens is 2. The van der Waals surface area contributed by atoms with Gasteiger partial charge in [0.1, 0.15) is 5.38 Å². The number of rotatable bonds is 5. The van der Waals surface area contributed by atoms with Gasteiger partial charge in [-0.15, -0.1) is 16.7 Å². The summed E-state index contributed by atoms with van der Waals surface area (Å²) in [5, 5.41) is 12.5. The Hall–Kier alpha value is -1.30. The van der Waals surface area contributed by atoms with E-state index in [-0.39, 0.29) is 17.3 Å². The van der Waals surface area contributed by atoms with Gasteiger partial charge in [-0.2, -0.15) is 0 Å². The molecule has 6 nitrogen and oxygen atoms in total.